The molecule has 1 aliphatic rings. The maximum atomic E-state index is 14.8. The average Bonchev–Trinajstić information content (AvgIpc) is 3.06. The molecular weight excluding hydrogens is 397 g/mol. The molecule has 5 nitrogen and oxygen atoms in total. The summed E-state index contributed by atoms with van der Waals surface area (Å²) in [5.74, 6) is -0.277. The van der Waals surface area contributed by atoms with Crippen LogP contribution in [0.2, 0.25) is 0 Å². The zero-order valence-electron chi connectivity index (χ0n) is 16.7. The second-order valence-corrected chi connectivity index (χ2v) is 7.38. The fourth-order valence-electron chi connectivity index (χ4n) is 4.08. The first-order chi connectivity index (χ1) is 15.1. The molecule has 1 atom stereocenters. The number of para-hydroxylation sites is 1. The van der Waals surface area contributed by atoms with Crippen LogP contribution in [-0.4, -0.2) is 17.9 Å². The van der Waals surface area contributed by atoms with Crippen LogP contribution >= 0.6 is 0 Å². The molecule has 1 aliphatic heterocycles. The highest BCUT2D eigenvalue weighted by Crippen LogP contribution is 2.40. The van der Waals surface area contributed by atoms with E-state index in [0.29, 0.717) is 16.7 Å². The summed E-state index contributed by atoms with van der Waals surface area (Å²) >= 11 is 0. The third-order valence-corrected chi connectivity index (χ3v) is 5.58. The van der Waals surface area contributed by atoms with Crippen LogP contribution < -0.4 is 10.2 Å². The number of benzene rings is 3. The van der Waals surface area contributed by atoms with Gasteiger partial charge in [0.25, 0.3) is 5.91 Å². The number of fused-ring (bicyclic) bond motifs is 2. The summed E-state index contributed by atoms with van der Waals surface area (Å²) in [6, 6.07) is 19.3. The van der Waals surface area contributed by atoms with Gasteiger partial charge in [0.15, 0.2) is 5.43 Å². The number of amides is 1. The Morgan fingerprint density at radius 2 is 1.68 bits per heavy atom. The number of halogens is 1. The van der Waals surface area contributed by atoms with E-state index in [9.17, 15) is 14.0 Å². The highest BCUT2D eigenvalue weighted by atomic mass is 19.1. The third-order valence-electron chi connectivity index (χ3n) is 5.58. The van der Waals surface area contributed by atoms with Gasteiger partial charge in [-0.05, 0) is 35.9 Å². The molecule has 31 heavy (non-hydrogen) atoms. The molecule has 1 aromatic heterocycles. The maximum absolute atomic E-state index is 14.8. The Hall–Kier alpha value is -3.93. The number of ether oxygens (including phenoxy) is 1. The summed E-state index contributed by atoms with van der Waals surface area (Å²) in [7, 11) is 1.58. The topological polar surface area (TPSA) is 59.8 Å². The van der Waals surface area contributed by atoms with E-state index in [1.54, 1.807) is 61.7 Å². The lowest BCUT2D eigenvalue weighted by Crippen LogP contribution is -2.29. The van der Waals surface area contributed by atoms with Crippen LogP contribution in [0.4, 0.5) is 4.39 Å². The largest absolute Gasteiger partial charge is 0.497 e. The minimum Gasteiger partial charge on any atom is -0.497 e. The van der Waals surface area contributed by atoms with E-state index < -0.39 is 17.8 Å². The van der Waals surface area contributed by atoms with E-state index in [1.807, 2.05) is 12.1 Å². The minimum atomic E-state index is -0.883. The molecule has 3 aromatic carbocycles. The van der Waals surface area contributed by atoms with Crippen molar-refractivity contribution in [2.75, 3.05) is 7.11 Å². The Kier molecular flexibility index (Phi) is 4.55. The lowest BCUT2D eigenvalue weighted by atomic mass is 9.98. The van der Waals surface area contributed by atoms with Gasteiger partial charge in [0.2, 0.25) is 5.76 Å². The van der Waals surface area contributed by atoms with E-state index in [-0.39, 0.29) is 28.9 Å². The maximum Gasteiger partial charge on any atom is 0.291 e. The van der Waals surface area contributed by atoms with Crippen LogP contribution in [-0.2, 0) is 6.54 Å². The van der Waals surface area contributed by atoms with Gasteiger partial charge in [-0.25, -0.2) is 4.39 Å². The zero-order valence-corrected chi connectivity index (χ0v) is 16.7. The van der Waals surface area contributed by atoms with Gasteiger partial charge >= 0.3 is 0 Å². The molecule has 1 amide bonds. The zero-order chi connectivity index (χ0) is 21.5. The highest BCUT2D eigenvalue weighted by molar-refractivity contribution is 5.99. The molecule has 154 valence electrons. The molecule has 0 fully saturated rings. The summed E-state index contributed by atoms with van der Waals surface area (Å²) in [6.45, 7) is 0.182. The van der Waals surface area contributed by atoms with Crippen molar-refractivity contribution in [3.8, 4) is 5.75 Å². The van der Waals surface area contributed by atoms with E-state index in [0.717, 1.165) is 5.56 Å². The van der Waals surface area contributed by atoms with Crippen LogP contribution in [0.15, 0.2) is 82.0 Å². The Balaban J connectivity index is 1.70. The van der Waals surface area contributed by atoms with Crippen molar-refractivity contribution in [1.29, 1.82) is 0 Å². The number of hydrogen-bond acceptors (Lipinski definition) is 4. The molecule has 0 radical (unpaired) electrons. The predicted molar refractivity (Wildman–Crippen MR) is 114 cm³/mol. The Labute approximate surface area is 177 Å². The standard InChI is InChI=1S/C25H18FNO4/c1-30-16-12-10-15(11-13-16)14-27-22(17-6-2-4-8-19(17)26)21-23(28)18-7-3-5-9-20(18)31-24(21)25(27)29/h2-13,22H,14H2,1H3/t22-/m1/s1. The molecule has 0 saturated carbocycles. The number of rotatable bonds is 4. The van der Waals surface area contributed by atoms with Gasteiger partial charge in [-0.15, -0.1) is 0 Å². The number of carbonyl (C=O) groups excluding carboxylic acids is 1. The van der Waals surface area contributed by atoms with Gasteiger partial charge in [0.1, 0.15) is 17.1 Å². The molecule has 0 unspecified atom stereocenters. The molecule has 2 heterocycles. The second-order valence-electron chi connectivity index (χ2n) is 7.38. The van der Waals surface area contributed by atoms with Crippen LogP contribution in [0.25, 0.3) is 11.0 Å². The minimum absolute atomic E-state index is 0.0366. The molecule has 0 saturated heterocycles. The van der Waals surface area contributed by atoms with E-state index in [1.165, 1.54) is 11.0 Å². The smallest absolute Gasteiger partial charge is 0.291 e. The summed E-state index contributed by atoms with van der Waals surface area (Å²) in [6.07, 6.45) is 0. The van der Waals surface area contributed by atoms with Crippen molar-refractivity contribution in [2.45, 2.75) is 12.6 Å². The van der Waals surface area contributed by atoms with Gasteiger partial charge in [0.05, 0.1) is 24.1 Å². The number of methoxy groups -OCH3 is 1. The van der Waals surface area contributed by atoms with Gasteiger partial charge in [-0.3, -0.25) is 9.59 Å². The lowest BCUT2D eigenvalue weighted by molar-refractivity contribution is 0.0712. The predicted octanol–water partition coefficient (Wildman–Crippen LogP) is 4.69. The monoisotopic (exact) mass is 415 g/mol. The summed E-state index contributed by atoms with van der Waals surface area (Å²) < 4.78 is 25.9. The van der Waals surface area contributed by atoms with Crippen molar-refractivity contribution in [3.63, 3.8) is 0 Å². The van der Waals surface area contributed by atoms with Crippen molar-refractivity contribution in [3.05, 3.63) is 111 Å². The Morgan fingerprint density at radius 3 is 2.42 bits per heavy atom. The van der Waals surface area contributed by atoms with Gasteiger partial charge < -0.3 is 14.1 Å². The summed E-state index contributed by atoms with van der Waals surface area (Å²) in [5.41, 5.74) is 1.25. The number of nitrogens with zero attached hydrogens (tertiary/aromatic N) is 1. The third kappa shape index (κ3) is 3.08. The molecule has 0 spiro atoms. The first-order valence-electron chi connectivity index (χ1n) is 9.82. The average molecular weight is 415 g/mol. The van der Waals surface area contributed by atoms with Gasteiger partial charge in [-0.2, -0.15) is 0 Å². The van der Waals surface area contributed by atoms with Crippen LogP contribution in [0, 0.1) is 5.82 Å². The second kappa shape index (κ2) is 7.40. The van der Waals surface area contributed by atoms with Gasteiger partial charge in [0, 0.05) is 12.1 Å². The van der Waals surface area contributed by atoms with Crippen molar-refractivity contribution in [1.82, 2.24) is 4.90 Å². The van der Waals surface area contributed by atoms with Crippen molar-refractivity contribution in [2.24, 2.45) is 0 Å². The van der Waals surface area contributed by atoms with Crippen molar-refractivity contribution < 1.29 is 18.3 Å². The SMILES string of the molecule is COc1ccc(CN2C(=O)c3oc4ccccc4c(=O)c3[C@H]2c2ccccc2F)cc1. The Bertz CT molecular complexity index is 1360. The molecule has 4 aromatic rings. The highest BCUT2D eigenvalue weighted by Gasteiger charge is 2.43. The lowest BCUT2D eigenvalue weighted by Gasteiger charge is -2.25. The Morgan fingerprint density at radius 1 is 0.968 bits per heavy atom. The van der Waals surface area contributed by atoms with E-state index >= 15 is 0 Å². The normalized spacial score (nSPS) is 15.4. The molecule has 6 heteroatoms. The van der Waals surface area contributed by atoms with Crippen LogP contribution in [0.3, 0.4) is 0 Å². The van der Waals surface area contributed by atoms with Crippen LogP contribution in [0.1, 0.15) is 33.3 Å². The summed E-state index contributed by atoms with van der Waals surface area (Å²) in [4.78, 5) is 28.2. The quantitative estimate of drug-likeness (QED) is 0.485. The first-order valence-corrected chi connectivity index (χ1v) is 9.82. The van der Waals surface area contributed by atoms with E-state index in [4.69, 9.17) is 9.15 Å². The van der Waals surface area contributed by atoms with Gasteiger partial charge in [-0.1, -0.05) is 42.5 Å². The number of hydrogen-bond donors (Lipinski definition) is 0. The number of carbonyl (C=O) groups is 1. The first kappa shape index (κ1) is 19.1. The molecule has 0 N–H and O–H groups in total. The fraction of sp³-hybridized carbons (Fsp3) is 0.120. The van der Waals surface area contributed by atoms with Crippen LogP contribution in [0.5, 0.6) is 5.75 Å². The summed E-state index contributed by atoms with van der Waals surface area (Å²) in [5, 5.41) is 0.363. The molecule has 0 aliphatic carbocycles. The fourth-order valence-corrected chi connectivity index (χ4v) is 4.08. The molecule has 5 rings (SSSR count). The van der Waals surface area contributed by atoms with E-state index in [2.05, 4.69) is 0 Å². The van der Waals surface area contributed by atoms with Crippen molar-refractivity contribution >= 4 is 16.9 Å². The molecular formula is C25H18FNO4. The molecule has 0 bridgehead atoms.